The van der Waals surface area contributed by atoms with Crippen LogP contribution >= 0.6 is 11.8 Å². The maximum absolute atomic E-state index is 12.9. The van der Waals surface area contributed by atoms with Gasteiger partial charge in [0.05, 0.1) is 5.69 Å². The number of ketones is 1. The van der Waals surface area contributed by atoms with Crippen molar-refractivity contribution in [2.75, 3.05) is 24.8 Å². The first-order chi connectivity index (χ1) is 14.2. The Bertz CT molecular complexity index is 1170. The van der Waals surface area contributed by atoms with Crippen molar-refractivity contribution < 1.29 is 19.1 Å². The van der Waals surface area contributed by atoms with Crippen molar-refractivity contribution in [2.24, 2.45) is 0 Å². The van der Waals surface area contributed by atoms with E-state index in [1.807, 2.05) is 42.7 Å². The normalized spacial score (nSPS) is 13.6. The number of anilines is 1. The first kappa shape index (κ1) is 17.8. The van der Waals surface area contributed by atoms with Crippen molar-refractivity contribution >= 4 is 29.1 Å². The fourth-order valence-electron chi connectivity index (χ4n) is 3.70. The van der Waals surface area contributed by atoms with Crippen LogP contribution in [0.25, 0.3) is 11.1 Å². The Kier molecular flexibility index (Phi) is 4.28. The number of ether oxygens (including phenoxy) is 2. The van der Waals surface area contributed by atoms with Crippen LogP contribution in [0, 0.1) is 0 Å². The summed E-state index contributed by atoms with van der Waals surface area (Å²) >= 11 is 1.51. The number of thioether (sulfide) groups is 1. The molecule has 0 unspecified atom stereocenters. The van der Waals surface area contributed by atoms with Crippen LogP contribution in [0.15, 0.2) is 59.5 Å². The lowest BCUT2D eigenvalue weighted by atomic mass is 10.0. The summed E-state index contributed by atoms with van der Waals surface area (Å²) in [7, 11) is 0. The second kappa shape index (κ2) is 6.97. The maximum Gasteiger partial charge on any atom is 0.255 e. The molecule has 144 valence electrons. The van der Waals surface area contributed by atoms with E-state index >= 15 is 0 Å². The predicted molar refractivity (Wildman–Crippen MR) is 112 cm³/mol. The third kappa shape index (κ3) is 2.96. The van der Waals surface area contributed by atoms with Crippen molar-refractivity contribution in [2.45, 2.75) is 4.90 Å². The monoisotopic (exact) mass is 403 g/mol. The molecule has 3 aromatic rings. The highest BCUT2D eigenvalue weighted by Gasteiger charge is 2.27. The van der Waals surface area contributed by atoms with Gasteiger partial charge in [0.25, 0.3) is 5.91 Å². The number of fused-ring (bicyclic) bond motifs is 4. The molecule has 5 nitrogen and oxygen atoms in total. The SMILES string of the molecule is CSc1cc2c(cc1NC(=O)c1ccc3c(c1)C(=O)c1ccccc1-3)OCCO2. The molecule has 1 aliphatic heterocycles. The van der Waals surface area contributed by atoms with Gasteiger partial charge in [-0.15, -0.1) is 11.8 Å². The molecule has 0 bridgehead atoms. The van der Waals surface area contributed by atoms with Crippen LogP contribution in [0.2, 0.25) is 0 Å². The zero-order valence-corrected chi connectivity index (χ0v) is 16.5. The van der Waals surface area contributed by atoms with Crippen LogP contribution in [0.1, 0.15) is 26.3 Å². The Morgan fingerprint density at radius 1 is 0.897 bits per heavy atom. The van der Waals surface area contributed by atoms with Gasteiger partial charge in [0, 0.05) is 27.7 Å². The van der Waals surface area contributed by atoms with E-state index in [-0.39, 0.29) is 11.7 Å². The van der Waals surface area contributed by atoms with Gasteiger partial charge in [-0.2, -0.15) is 0 Å². The molecule has 0 saturated heterocycles. The fraction of sp³-hybridized carbons (Fsp3) is 0.130. The van der Waals surface area contributed by atoms with Crippen LogP contribution in [0.5, 0.6) is 11.5 Å². The molecule has 0 spiro atoms. The number of hydrogen-bond acceptors (Lipinski definition) is 5. The zero-order valence-electron chi connectivity index (χ0n) is 15.7. The molecular formula is C23H17NO4S. The van der Waals surface area contributed by atoms with Crippen LogP contribution in [-0.4, -0.2) is 31.2 Å². The van der Waals surface area contributed by atoms with Gasteiger partial charge in [0.15, 0.2) is 17.3 Å². The maximum atomic E-state index is 12.9. The van der Waals surface area contributed by atoms with Gasteiger partial charge >= 0.3 is 0 Å². The second-order valence-electron chi connectivity index (χ2n) is 6.79. The average molecular weight is 403 g/mol. The quantitative estimate of drug-likeness (QED) is 0.505. The number of amides is 1. The molecule has 0 radical (unpaired) electrons. The molecule has 0 saturated carbocycles. The fourth-order valence-corrected chi connectivity index (χ4v) is 4.26. The first-order valence-corrected chi connectivity index (χ1v) is 10.5. The Morgan fingerprint density at radius 2 is 1.59 bits per heavy atom. The Balaban J connectivity index is 1.46. The van der Waals surface area contributed by atoms with E-state index in [0.717, 1.165) is 16.0 Å². The highest BCUT2D eigenvalue weighted by Crippen LogP contribution is 2.40. The summed E-state index contributed by atoms with van der Waals surface area (Å²) < 4.78 is 11.2. The van der Waals surface area contributed by atoms with E-state index in [1.165, 1.54) is 11.8 Å². The minimum absolute atomic E-state index is 0.0469. The third-order valence-electron chi connectivity index (χ3n) is 5.10. The molecule has 0 aromatic heterocycles. The first-order valence-electron chi connectivity index (χ1n) is 9.23. The zero-order chi connectivity index (χ0) is 20.0. The van der Waals surface area contributed by atoms with E-state index in [0.29, 0.717) is 47.1 Å². The van der Waals surface area contributed by atoms with Gasteiger partial charge in [-0.1, -0.05) is 30.3 Å². The van der Waals surface area contributed by atoms with Crippen LogP contribution in [-0.2, 0) is 0 Å². The third-order valence-corrected chi connectivity index (χ3v) is 5.88. The summed E-state index contributed by atoms with van der Waals surface area (Å²) in [6.07, 6.45) is 1.94. The molecule has 1 aliphatic carbocycles. The minimum Gasteiger partial charge on any atom is -0.486 e. The van der Waals surface area contributed by atoms with Crippen LogP contribution in [0.3, 0.4) is 0 Å². The van der Waals surface area contributed by atoms with Gasteiger partial charge < -0.3 is 14.8 Å². The van der Waals surface area contributed by atoms with Gasteiger partial charge in [-0.3, -0.25) is 9.59 Å². The smallest absolute Gasteiger partial charge is 0.255 e. The molecule has 2 aliphatic rings. The molecule has 1 N–H and O–H groups in total. The van der Waals surface area contributed by atoms with Crippen molar-refractivity contribution in [1.29, 1.82) is 0 Å². The lowest BCUT2D eigenvalue weighted by Gasteiger charge is -2.21. The summed E-state index contributed by atoms with van der Waals surface area (Å²) in [5, 5.41) is 2.95. The predicted octanol–water partition coefficient (Wildman–Crippen LogP) is 4.64. The lowest BCUT2D eigenvalue weighted by molar-refractivity contribution is 0.102. The number of rotatable bonds is 3. The van der Waals surface area contributed by atoms with Crippen molar-refractivity contribution in [3.8, 4) is 22.6 Å². The Hall–Kier alpha value is -3.25. The number of carbonyl (C=O) groups excluding carboxylic acids is 2. The van der Waals surface area contributed by atoms with E-state index in [1.54, 1.807) is 18.2 Å². The van der Waals surface area contributed by atoms with E-state index in [4.69, 9.17) is 9.47 Å². The van der Waals surface area contributed by atoms with Crippen molar-refractivity contribution in [3.05, 3.63) is 71.3 Å². The van der Waals surface area contributed by atoms with Crippen molar-refractivity contribution in [3.63, 3.8) is 0 Å². The van der Waals surface area contributed by atoms with E-state index < -0.39 is 0 Å². The van der Waals surface area contributed by atoms with Crippen LogP contribution < -0.4 is 14.8 Å². The largest absolute Gasteiger partial charge is 0.486 e. The highest BCUT2D eigenvalue weighted by molar-refractivity contribution is 7.98. The molecule has 29 heavy (non-hydrogen) atoms. The summed E-state index contributed by atoms with van der Waals surface area (Å²) in [6.45, 7) is 0.991. The minimum atomic E-state index is -0.275. The lowest BCUT2D eigenvalue weighted by Crippen LogP contribution is -2.17. The van der Waals surface area contributed by atoms with Gasteiger partial charge in [-0.05, 0) is 35.6 Å². The molecule has 3 aromatic carbocycles. The van der Waals surface area contributed by atoms with E-state index in [2.05, 4.69) is 5.32 Å². The summed E-state index contributed by atoms with van der Waals surface area (Å²) in [5.41, 5.74) is 4.11. The van der Waals surface area contributed by atoms with Gasteiger partial charge in [0.2, 0.25) is 0 Å². The standard InChI is InChI=1S/C23H17NO4S/c1-29-21-12-20-19(27-8-9-28-20)11-18(21)24-23(26)13-6-7-15-14-4-2-3-5-16(14)22(25)17(15)10-13/h2-7,10-12H,8-9H2,1H3,(H,24,26). The highest BCUT2D eigenvalue weighted by atomic mass is 32.2. The van der Waals surface area contributed by atoms with Crippen LogP contribution in [0.4, 0.5) is 5.69 Å². The Labute approximate surface area is 172 Å². The van der Waals surface area contributed by atoms with E-state index in [9.17, 15) is 9.59 Å². The van der Waals surface area contributed by atoms with Crippen molar-refractivity contribution in [1.82, 2.24) is 0 Å². The molecule has 1 heterocycles. The molecule has 6 heteroatoms. The number of carbonyl (C=O) groups is 2. The number of benzene rings is 3. The topological polar surface area (TPSA) is 64.6 Å². The Morgan fingerprint density at radius 3 is 2.34 bits per heavy atom. The average Bonchev–Trinajstić information content (AvgIpc) is 3.05. The second-order valence-corrected chi connectivity index (χ2v) is 7.63. The molecule has 5 rings (SSSR count). The van der Waals surface area contributed by atoms with Gasteiger partial charge in [0.1, 0.15) is 13.2 Å². The number of hydrogen-bond donors (Lipinski definition) is 1. The summed E-state index contributed by atoms with van der Waals surface area (Å²) in [5.74, 6) is 0.973. The summed E-state index contributed by atoms with van der Waals surface area (Å²) in [6, 6.07) is 16.4. The van der Waals surface area contributed by atoms with Gasteiger partial charge in [-0.25, -0.2) is 0 Å². The molecule has 0 atom stereocenters. The molecular weight excluding hydrogens is 386 g/mol. The summed E-state index contributed by atoms with van der Waals surface area (Å²) in [4.78, 5) is 26.5. The number of nitrogens with one attached hydrogen (secondary N) is 1. The molecule has 0 fully saturated rings. The molecule has 1 amide bonds.